The monoisotopic (exact) mass is 206 g/mol. The zero-order chi connectivity index (χ0) is 10.8. The highest BCUT2D eigenvalue weighted by Gasteiger charge is 2.12. The summed E-state index contributed by atoms with van der Waals surface area (Å²) in [5, 5.41) is 15.3. The molecule has 2 rings (SSSR count). The summed E-state index contributed by atoms with van der Waals surface area (Å²) in [5.74, 6) is 0.0284. The summed E-state index contributed by atoms with van der Waals surface area (Å²) in [6.45, 7) is 1.77. The number of carbonyl (C=O) groups excluding carboxylic acids is 1. The van der Waals surface area contributed by atoms with Crippen LogP contribution >= 0.6 is 0 Å². The maximum atomic E-state index is 11.6. The van der Waals surface area contributed by atoms with E-state index in [2.05, 4.69) is 25.7 Å². The van der Waals surface area contributed by atoms with E-state index < -0.39 is 0 Å². The number of nitrogens with one attached hydrogen (secondary N) is 3. The quantitative estimate of drug-likeness (QED) is 0.565. The second-order valence-electron chi connectivity index (χ2n) is 3.05. The first kappa shape index (κ1) is 9.25. The first-order chi connectivity index (χ1) is 7.18. The van der Waals surface area contributed by atoms with Gasteiger partial charge in [-0.1, -0.05) is 0 Å². The van der Waals surface area contributed by atoms with Gasteiger partial charge in [-0.25, -0.2) is 0 Å². The van der Waals surface area contributed by atoms with E-state index in [-0.39, 0.29) is 5.91 Å². The normalized spacial score (nSPS) is 10.2. The Kier molecular flexibility index (Phi) is 2.13. The Morgan fingerprint density at radius 2 is 2.40 bits per heavy atom. The minimum atomic E-state index is -0.304. The first-order valence-electron chi connectivity index (χ1n) is 4.29. The highest BCUT2D eigenvalue weighted by molar-refractivity contribution is 6.04. The van der Waals surface area contributed by atoms with Crippen LogP contribution in [0.25, 0.3) is 0 Å². The maximum absolute atomic E-state index is 11.6. The smallest absolute Gasteiger partial charge is 0.260 e. The van der Waals surface area contributed by atoms with E-state index >= 15 is 0 Å². The molecule has 0 atom stereocenters. The van der Waals surface area contributed by atoms with Crippen LogP contribution in [0.3, 0.4) is 0 Å². The van der Waals surface area contributed by atoms with Gasteiger partial charge in [-0.3, -0.25) is 15.0 Å². The van der Waals surface area contributed by atoms with Crippen molar-refractivity contribution in [1.82, 2.24) is 20.4 Å². The van der Waals surface area contributed by atoms with Crippen molar-refractivity contribution in [1.29, 1.82) is 0 Å². The predicted molar refractivity (Wildman–Crippen MR) is 54.3 cm³/mol. The molecule has 0 aromatic carbocycles. The lowest BCUT2D eigenvalue weighted by atomic mass is 10.3. The number of nitrogens with two attached hydrogens (primary N) is 1. The predicted octanol–water partition coefficient (Wildman–Crippen LogP) is 0.276. The molecule has 0 aliphatic heterocycles. The van der Waals surface area contributed by atoms with Crippen molar-refractivity contribution in [2.24, 2.45) is 0 Å². The van der Waals surface area contributed by atoms with Crippen LogP contribution < -0.4 is 11.1 Å². The number of anilines is 2. The number of H-pyrrole nitrogens is 2. The van der Waals surface area contributed by atoms with Crippen molar-refractivity contribution in [3.05, 3.63) is 23.7 Å². The van der Waals surface area contributed by atoms with Gasteiger partial charge >= 0.3 is 0 Å². The Labute approximate surface area is 85.1 Å². The van der Waals surface area contributed by atoms with Crippen molar-refractivity contribution in [2.75, 3.05) is 11.1 Å². The largest absolute Gasteiger partial charge is 0.394 e. The minimum absolute atomic E-state index is 0.304. The molecule has 15 heavy (non-hydrogen) atoms. The van der Waals surface area contributed by atoms with Crippen LogP contribution in [0.15, 0.2) is 12.4 Å². The number of rotatable bonds is 2. The summed E-state index contributed by atoms with van der Waals surface area (Å²) in [7, 11) is 0. The van der Waals surface area contributed by atoms with E-state index in [0.717, 1.165) is 5.69 Å². The standard InChI is InChI=1S/C8H10N6O/c1-4-6(9)7(14-13-4)12-8(15)5-2-10-11-3-5/h2-3H,9H2,1H3,(H,10,11)(H2,12,13,14,15). The number of carbonyl (C=O) groups is 1. The number of hydrogen-bond donors (Lipinski definition) is 4. The summed E-state index contributed by atoms with van der Waals surface area (Å²) in [6.07, 6.45) is 2.91. The molecule has 2 aromatic rings. The fourth-order valence-electron chi connectivity index (χ4n) is 1.09. The molecule has 78 valence electrons. The molecule has 0 fully saturated rings. The zero-order valence-electron chi connectivity index (χ0n) is 8.03. The summed E-state index contributed by atoms with van der Waals surface area (Å²) < 4.78 is 0. The summed E-state index contributed by atoms with van der Waals surface area (Å²) >= 11 is 0. The van der Waals surface area contributed by atoms with Gasteiger partial charge in [-0.15, -0.1) is 0 Å². The fourth-order valence-corrected chi connectivity index (χ4v) is 1.09. The fraction of sp³-hybridized carbons (Fsp3) is 0.125. The van der Waals surface area contributed by atoms with Crippen LogP contribution in [-0.2, 0) is 0 Å². The van der Waals surface area contributed by atoms with E-state index in [9.17, 15) is 4.79 Å². The van der Waals surface area contributed by atoms with Crippen molar-refractivity contribution in [3.63, 3.8) is 0 Å². The van der Waals surface area contributed by atoms with E-state index in [1.165, 1.54) is 12.4 Å². The van der Waals surface area contributed by atoms with E-state index in [1.54, 1.807) is 6.92 Å². The molecular formula is C8H10N6O. The number of nitrogen functional groups attached to an aromatic ring is 1. The Morgan fingerprint density at radius 1 is 1.60 bits per heavy atom. The van der Waals surface area contributed by atoms with Crippen molar-refractivity contribution < 1.29 is 4.79 Å². The third-order valence-corrected chi connectivity index (χ3v) is 1.99. The topological polar surface area (TPSA) is 112 Å². The molecule has 1 amide bonds. The minimum Gasteiger partial charge on any atom is -0.394 e. The third kappa shape index (κ3) is 1.66. The van der Waals surface area contributed by atoms with Gasteiger partial charge in [0.25, 0.3) is 5.91 Å². The van der Waals surface area contributed by atoms with Crippen LogP contribution in [0.5, 0.6) is 0 Å². The molecule has 0 aliphatic rings. The van der Waals surface area contributed by atoms with Crippen LogP contribution in [0.1, 0.15) is 16.1 Å². The molecule has 0 saturated carbocycles. The SMILES string of the molecule is Cc1[nH]nc(NC(=O)c2cn[nH]c2)c1N. The zero-order valence-corrected chi connectivity index (χ0v) is 8.03. The van der Waals surface area contributed by atoms with Crippen LogP contribution in [0.4, 0.5) is 11.5 Å². The molecule has 0 unspecified atom stereocenters. The van der Waals surface area contributed by atoms with Gasteiger partial charge in [0.15, 0.2) is 5.82 Å². The lowest BCUT2D eigenvalue weighted by Gasteiger charge is -1.99. The van der Waals surface area contributed by atoms with Gasteiger partial charge in [0.2, 0.25) is 0 Å². The Balaban J connectivity index is 2.16. The molecular weight excluding hydrogens is 196 g/mol. The molecule has 7 nitrogen and oxygen atoms in total. The first-order valence-corrected chi connectivity index (χ1v) is 4.29. The van der Waals surface area contributed by atoms with E-state index in [1.807, 2.05) is 0 Å². The Morgan fingerprint density at radius 3 is 2.93 bits per heavy atom. The third-order valence-electron chi connectivity index (χ3n) is 1.99. The second kappa shape index (κ2) is 3.45. The summed E-state index contributed by atoms with van der Waals surface area (Å²) in [6, 6.07) is 0. The highest BCUT2D eigenvalue weighted by Crippen LogP contribution is 2.18. The highest BCUT2D eigenvalue weighted by atomic mass is 16.1. The molecule has 7 heteroatoms. The van der Waals surface area contributed by atoms with Gasteiger partial charge in [0.1, 0.15) is 0 Å². The number of aromatic amines is 2. The Hall–Kier alpha value is -2.31. The average molecular weight is 206 g/mol. The van der Waals surface area contributed by atoms with E-state index in [0.29, 0.717) is 17.1 Å². The molecule has 2 aromatic heterocycles. The second-order valence-corrected chi connectivity index (χ2v) is 3.05. The van der Waals surface area contributed by atoms with Crippen LogP contribution in [0, 0.1) is 6.92 Å². The number of aryl methyl sites for hydroxylation is 1. The van der Waals surface area contributed by atoms with Gasteiger partial charge in [0, 0.05) is 6.20 Å². The van der Waals surface area contributed by atoms with Crippen molar-refractivity contribution in [2.45, 2.75) is 6.92 Å². The molecule has 0 saturated heterocycles. The van der Waals surface area contributed by atoms with E-state index in [4.69, 9.17) is 5.73 Å². The molecule has 0 radical (unpaired) electrons. The molecule has 0 bridgehead atoms. The van der Waals surface area contributed by atoms with Crippen molar-refractivity contribution >= 4 is 17.4 Å². The average Bonchev–Trinajstić information content (AvgIpc) is 2.83. The summed E-state index contributed by atoms with van der Waals surface area (Å²) in [5.41, 5.74) is 7.26. The number of hydrogen-bond acceptors (Lipinski definition) is 4. The van der Waals surface area contributed by atoms with Crippen LogP contribution in [-0.4, -0.2) is 26.3 Å². The molecule has 0 aliphatic carbocycles. The van der Waals surface area contributed by atoms with Gasteiger partial charge in [-0.05, 0) is 6.92 Å². The van der Waals surface area contributed by atoms with Gasteiger partial charge in [0.05, 0.1) is 23.1 Å². The van der Waals surface area contributed by atoms with Gasteiger partial charge in [-0.2, -0.15) is 10.2 Å². The molecule has 5 N–H and O–H groups in total. The van der Waals surface area contributed by atoms with Crippen LogP contribution in [0.2, 0.25) is 0 Å². The Bertz CT molecular complexity index is 471. The lowest BCUT2D eigenvalue weighted by molar-refractivity contribution is 0.102. The number of amides is 1. The molecule has 0 spiro atoms. The summed E-state index contributed by atoms with van der Waals surface area (Å²) in [4.78, 5) is 11.6. The lowest BCUT2D eigenvalue weighted by Crippen LogP contribution is -2.12. The molecule has 2 heterocycles. The van der Waals surface area contributed by atoms with Crippen molar-refractivity contribution in [3.8, 4) is 0 Å². The number of nitrogens with zero attached hydrogens (tertiary/aromatic N) is 2. The maximum Gasteiger partial charge on any atom is 0.260 e. The van der Waals surface area contributed by atoms with Gasteiger partial charge < -0.3 is 11.1 Å². The number of aromatic nitrogens is 4.